The predicted octanol–water partition coefficient (Wildman–Crippen LogP) is 0.650. The maximum atomic E-state index is 12.4. The number of fused-ring (bicyclic) bond motifs is 1. The molecular formula is C20H22N4O5. The van der Waals surface area contributed by atoms with Crippen molar-refractivity contribution in [3.8, 4) is 11.8 Å². The van der Waals surface area contributed by atoms with Gasteiger partial charge in [0.25, 0.3) is 5.91 Å². The highest BCUT2D eigenvalue weighted by Gasteiger charge is 2.47. The zero-order valence-corrected chi connectivity index (χ0v) is 15.8. The maximum Gasteiger partial charge on any atom is 0.276 e. The molecule has 1 aromatic rings. The number of amides is 4. The van der Waals surface area contributed by atoms with Gasteiger partial charge in [-0.05, 0) is 37.1 Å². The lowest BCUT2D eigenvalue weighted by atomic mass is 9.81. The summed E-state index contributed by atoms with van der Waals surface area (Å²) in [5.41, 5.74) is 4.94. The number of hydrazine groups is 1. The molecule has 0 aromatic heterocycles. The fourth-order valence-electron chi connectivity index (χ4n) is 3.68. The van der Waals surface area contributed by atoms with Gasteiger partial charge in [0.2, 0.25) is 17.7 Å². The molecular weight excluding hydrogens is 376 g/mol. The fraction of sp³-hybridized carbons (Fsp3) is 0.450. The quantitative estimate of drug-likeness (QED) is 0.535. The van der Waals surface area contributed by atoms with Crippen LogP contribution in [0.3, 0.4) is 0 Å². The summed E-state index contributed by atoms with van der Waals surface area (Å²) in [6.07, 6.45) is 3.27. The van der Waals surface area contributed by atoms with Crippen LogP contribution in [0.4, 0.5) is 0 Å². The molecule has 1 aliphatic carbocycles. The van der Waals surface area contributed by atoms with Gasteiger partial charge in [-0.25, -0.2) is 0 Å². The maximum absolute atomic E-state index is 12.4. The molecule has 9 nitrogen and oxygen atoms in total. The van der Waals surface area contributed by atoms with Gasteiger partial charge in [-0.1, -0.05) is 12.8 Å². The van der Waals surface area contributed by atoms with Crippen molar-refractivity contribution in [2.24, 2.45) is 11.8 Å². The van der Waals surface area contributed by atoms with Crippen molar-refractivity contribution < 1.29 is 23.9 Å². The second kappa shape index (κ2) is 9.19. The van der Waals surface area contributed by atoms with Crippen molar-refractivity contribution in [2.45, 2.75) is 32.1 Å². The highest BCUT2D eigenvalue weighted by molar-refractivity contribution is 6.05. The number of benzene rings is 1. The van der Waals surface area contributed by atoms with E-state index in [4.69, 9.17) is 10.00 Å². The molecule has 0 radical (unpaired) electrons. The number of ether oxygens (including phenoxy) is 1. The average molecular weight is 398 g/mol. The summed E-state index contributed by atoms with van der Waals surface area (Å²) >= 11 is 0. The molecule has 9 heteroatoms. The van der Waals surface area contributed by atoms with Crippen molar-refractivity contribution in [1.29, 1.82) is 5.26 Å². The molecule has 2 aliphatic rings. The van der Waals surface area contributed by atoms with Gasteiger partial charge in [0.15, 0.2) is 6.61 Å². The number of nitrogens with one attached hydrogen (secondary N) is 2. The van der Waals surface area contributed by atoms with Crippen molar-refractivity contribution in [1.82, 2.24) is 15.8 Å². The highest BCUT2D eigenvalue weighted by Crippen LogP contribution is 2.37. The smallest absolute Gasteiger partial charge is 0.276 e. The van der Waals surface area contributed by atoms with Crippen LogP contribution in [0, 0.1) is 23.2 Å². The van der Waals surface area contributed by atoms with Crippen LogP contribution < -0.4 is 15.6 Å². The van der Waals surface area contributed by atoms with Crippen LogP contribution in [0.2, 0.25) is 0 Å². The topological polar surface area (TPSA) is 129 Å². The van der Waals surface area contributed by atoms with E-state index in [-0.39, 0.29) is 43.2 Å². The van der Waals surface area contributed by atoms with Gasteiger partial charge in [-0.15, -0.1) is 0 Å². The Balaban J connectivity index is 1.37. The van der Waals surface area contributed by atoms with Gasteiger partial charge in [-0.2, -0.15) is 5.26 Å². The molecule has 152 valence electrons. The first-order valence-electron chi connectivity index (χ1n) is 9.55. The molecule has 0 spiro atoms. The Morgan fingerprint density at radius 3 is 2.21 bits per heavy atom. The standard InChI is InChI=1S/C20H22N4O5/c21-11-13-5-7-14(8-6-13)29-12-18(26)23-22-17(25)9-10-24-19(27)15-3-1-2-4-16(15)20(24)28/h5-8,15-16H,1-4,9-10,12H2,(H,22,25)(H,23,26)/t15-,16+. The van der Waals surface area contributed by atoms with E-state index in [0.717, 1.165) is 25.7 Å². The lowest BCUT2D eigenvalue weighted by Gasteiger charge is -2.19. The van der Waals surface area contributed by atoms with Gasteiger partial charge in [-0.3, -0.25) is 34.9 Å². The highest BCUT2D eigenvalue weighted by atomic mass is 16.5. The summed E-state index contributed by atoms with van der Waals surface area (Å²) in [4.78, 5) is 49.6. The van der Waals surface area contributed by atoms with E-state index in [2.05, 4.69) is 10.9 Å². The van der Waals surface area contributed by atoms with Gasteiger partial charge >= 0.3 is 0 Å². The number of nitriles is 1. The summed E-state index contributed by atoms with van der Waals surface area (Å²) in [6, 6.07) is 8.22. The summed E-state index contributed by atoms with van der Waals surface area (Å²) in [5, 5.41) is 8.73. The molecule has 2 atom stereocenters. The van der Waals surface area contributed by atoms with Crippen LogP contribution in [0.25, 0.3) is 0 Å². The predicted molar refractivity (Wildman–Crippen MR) is 99.7 cm³/mol. The molecule has 29 heavy (non-hydrogen) atoms. The van der Waals surface area contributed by atoms with Crippen LogP contribution in [0.1, 0.15) is 37.7 Å². The molecule has 2 fully saturated rings. The third-order valence-electron chi connectivity index (χ3n) is 5.19. The number of carbonyl (C=O) groups is 4. The Morgan fingerprint density at radius 2 is 1.62 bits per heavy atom. The zero-order valence-electron chi connectivity index (χ0n) is 15.8. The van der Waals surface area contributed by atoms with Crippen LogP contribution in [0.15, 0.2) is 24.3 Å². The van der Waals surface area contributed by atoms with Crippen molar-refractivity contribution in [3.05, 3.63) is 29.8 Å². The number of likely N-dealkylation sites (tertiary alicyclic amines) is 1. The lowest BCUT2D eigenvalue weighted by Crippen LogP contribution is -2.45. The van der Waals surface area contributed by atoms with Gasteiger partial charge in [0.05, 0.1) is 23.5 Å². The first-order valence-corrected chi connectivity index (χ1v) is 9.55. The Morgan fingerprint density at radius 1 is 1.03 bits per heavy atom. The van der Waals surface area contributed by atoms with E-state index in [1.165, 1.54) is 4.90 Å². The molecule has 3 rings (SSSR count). The summed E-state index contributed by atoms with van der Waals surface area (Å²) in [5.74, 6) is -1.51. The van der Waals surface area contributed by atoms with E-state index in [0.29, 0.717) is 11.3 Å². The molecule has 0 unspecified atom stereocenters. The zero-order chi connectivity index (χ0) is 20.8. The summed E-state index contributed by atoms with van der Waals surface area (Å²) < 4.78 is 5.25. The Kier molecular flexibility index (Phi) is 6.44. The van der Waals surface area contributed by atoms with Crippen LogP contribution in [0.5, 0.6) is 5.75 Å². The summed E-state index contributed by atoms with van der Waals surface area (Å²) in [6.45, 7) is -0.313. The molecule has 1 aromatic carbocycles. The largest absolute Gasteiger partial charge is 0.484 e. The molecule has 4 amide bonds. The normalized spacial score (nSPS) is 20.6. The minimum Gasteiger partial charge on any atom is -0.484 e. The lowest BCUT2D eigenvalue weighted by molar-refractivity contribution is -0.140. The fourth-order valence-corrected chi connectivity index (χ4v) is 3.68. The van der Waals surface area contributed by atoms with E-state index in [1.54, 1.807) is 24.3 Å². The number of hydrogen-bond donors (Lipinski definition) is 2. The Labute approximate surface area is 168 Å². The number of carbonyl (C=O) groups excluding carboxylic acids is 4. The van der Waals surface area contributed by atoms with Crippen LogP contribution in [-0.4, -0.2) is 41.7 Å². The van der Waals surface area contributed by atoms with Crippen LogP contribution >= 0.6 is 0 Å². The second-order valence-corrected chi connectivity index (χ2v) is 7.10. The molecule has 1 saturated carbocycles. The van der Waals surface area contributed by atoms with E-state index >= 15 is 0 Å². The molecule has 0 bridgehead atoms. The third kappa shape index (κ3) is 4.90. The second-order valence-electron chi connectivity index (χ2n) is 7.10. The van der Waals surface area contributed by atoms with Gasteiger partial charge in [0.1, 0.15) is 5.75 Å². The number of imide groups is 1. The van der Waals surface area contributed by atoms with Gasteiger partial charge in [0, 0.05) is 13.0 Å². The number of rotatable bonds is 6. The molecule has 2 N–H and O–H groups in total. The molecule has 1 saturated heterocycles. The van der Waals surface area contributed by atoms with Gasteiger partial charge < -0.3 is 4.74 Å². The van der Waals surface area contributed by atoms with Crippen molar-refractivity contribution in [2.75, 3.05) is 13.2 Å². The average Bonchev–Trinajstić information content (AvgIpc) is 2.99. The molecule has 1 aliphatic heterocycles. The Bertz CT molecular complexity index is 821. The monoisotopic (exact) mass is 398 g/mol. The van der Waals surface area contributed by atoms with E-state index in [9.17, 15) is 19.2 Å². The van der Waals surface area contributed by atoms with Crippen LogP contribution in [-0.2, 0) is 19.2 Å². The van der Waals surface area contributed by atoms with Crippen molar-refractivity contribution in [3.63, 3.8) is 0 Å². The van der Waals surface area contributed by atoms with E-state index in [1.807, 2.05) is 6.07 Å². The first-order chi connectivity index (χ1) is 14.0. The number of nitrogens with zero attached hydrogens (tertiary/aromatic N) is 2. The summed E-state index contributed by atoms with van der Waals surface area (Å²) in [7, 11) is 0. The minimum atomic E-state index is -0.568. The third-order valence-corrected chi connectivity index (χ3v) is 5.19. The molecule has 1 heterocycles. The SMILES string of the molecule is N#Cc1ccc(OCC(=O)NNC(=O)CCN2C(=O)[C@H]3CCCC[C@H]3C2=O)cc1. The Hall–Kier alpha value is -3.41. The first kappa shape index (κ1) is 20.3. The minimum absolute atomic E-state index is 0.00805. The van der Waals surface area contributed by atoms with Crippen molar-refractivity contribution >= 4 is 23.6 Å². The number of hydrogen-bond acceptors (Lipinski definition) is 6. The van der Waals surface area contributed by atoms with E-state index < -0.39 is 11.8 Å².